The standard InChI is InChI=1S/C14H10F3NO4S/c15-14(16,17)10-3-5-11(6-4-10)18-23(21,22)12-7-1-9(2-8-12)13(19)20/h1-8,18H,(H,19,20). The Bertz CT molecular complexity index is 813. The smallest absolute Gasteiger partial charge is 0.416 e. The lowest BCUT2D eigenvalue weighted by Gasteiger charge is -2.10. The summed E-state index contributed by atoms with van der Waals surface area (Å²) in [6, 6.07) is 7.91. The molecule has 2 aromatic carbocycles. The van der Waals surface area contributed by atoms with E-state index in [0.717, 1.165) is 48.5 Å². The molecular weight excluding hydrogens is 335 g/mol. The average Bonchev–Trinajstić information content (AvgIpc) is 2.46. The number of hydrogen-bond donors (Lipinski definition) is 2. The molecule has 2 aromatic rings. The van der Waals surface area contributed by atoms with Gasteiger partial charge in [0.2, 0.25) is 0 Å². The maximum absolute atomic E-state index is 12.4. The van der Waals surface area contributed by atoms with Gasteiger partial charge in [-0.3, -0.25) is 4.72 Å². The molecule has 0 bridgehead atoms. The zero-order chi connectivity index (χ0) is 17.3. The van der Waals surface area contributed by atoms with Crippen molar-refractivity contribution in [2.24, 2.45) is 0 Å². The number of carboxylic acid groups (broad SMARTS) is 1. The number of alkyl halides is 3. The normalized spacial score (nSPS) is 12.0. The van der Waals surface area contributed by atoms with E-state index in [9.17, 15) is 26.4 Å². The number of halogens is 3. The van der Waals surface area contributed by atoms with Crippen LogP contribution in [0.2, 0.25) is 0 Å². The number of anilines is 1. The van der Waals surface area contributed by atoms with E-state index in [2.05, 4.69) is 4.72 Å². The first-order valence-electron chi connectivity index (χ1n) is 6.13. The highest BCUT2D eigenvalue weighted by Gasteiger charge is 2.30. The van der Waals surface area contributed by atoms with Crippen LogP contribution in [0.15, 0.2) is 53.4 Å². The van der Waals surface area contributed by atoms with Crippen molar-refractivity contribution in [1.29, 1.82) is 0 Å². The lowest BCUT2D eigenvalue weighted by Crippen LogP contribution is -2.13. The molecule has 0 aliphatic carbocycles. The highest BCUT2D eigenvalue weighted by molar-refractivity contribution is 7.92. The Morgan fingerprint density at radius 3 is 1.91 bits per heavy atom. The molecule has 0 unspecified atom stereocenters. The molecule has 0 radical (unpaired) electrons. The third-order valence-corrected chi connectivity index (χ3v) is 4.27. The van der Waals surface area contributed by atoms with Gasteiger partial charge in [-0.15, -0.1) is 0 Å². The molecule has 0 amide bonds. The first kappa shape index (κ1) is 16.8. The number of carbonyl (C=O) groups is 1. The van der Waals surface area contributed by atoms with Crippen molar-refractivity contribution < 1.29 is 31.5 Å². The summed E-state index contributed by atoms with van der Waals surface area (Å²) in [6.07, 6.45) is -4.51. The fourth-order valence-electron chi connectivity index (χ4n) is 1.72. The van der Waals surface area contributed by atoms with Crippen molar-refractivity contribution in [2.75, 3.05) is 4.72 Å². The van der Waals surface area contributed by atoms with Crippen LogP contribution < -0.4 is 4.72 Å². The summed E-state index contributed by atoms with van der Waals surface area (Å²) in [5, 5.41) is 8.75. The molecule has 0 spiro atoms. The topological polar surface area (TPSA) is 83.5 Å². The van der Waals surface area contributed by atoms with Gasteiger partial charge in [0.25, 0.3) is 10.0 Å². The van der Waals surface area contributed by atoms with Crippen molar-refractivity contribution >= 4 is 21.7 Å². The van der Waals surface area contributed by atoms with Crippen LogP contribution in [0.1, 0.15) is 15.9 Å². The number of aromatic carboxylic acids is 1. The van der Waals surface area contributed by atoms with Crippen LogP contribution in [0.25, 0.3) is 0 Å². The minimum absolute atomic E-state index is 0.0414. The second-order valence-electron chi connectivity index (χ2n) is 4.51. The Labute approximate surface area is 129 Å². The fraction of sp³-hybridized carbons (Fsp3) is 0.0714. The highest BCUT2D eigenvalue weighted by Crippen LogP contribution is 2.30. The van der Waals surface area contributed by atoms with Gasteiger partial charge < -0.3 is 5.11 Å². The Morgan fingerprint density at radius 1 is 0.957 bits per heavy atom. The van der Waals surface area contributed by atoms with Crippen molar-refractivity contribution in [3.63, 3.8) is 0 Å². The van der Waals surface area contributed by atoms with Gasteiger partial charge in [0, 0.05) is 5.69 Å². The van der Waals surface area contributed by atoms with Gasteiger partial charge in [0.05, 0.1) is 16.0 Å². The molecule has 23 heavy (non-hydrogen) atoms. The Hall–Kier alpha value is -2.55. The van der Waals surface area contributed by atoms with E-state index in [1.807, 2.05) is 0 Å². The average molecular weight is 345 g/mol. The number of nitrogens with one attached hydrogen (secondary N) is 1. The predicted molar refractivity (Wildman–Crippen MR) is 75.7 cm³/mol. The number of carboxylic acids is 1. The minimum Gasteiger partial charge on any atom is -0.478 e. The molecule has 5 nitrogen and oxygen atoms in total. The summed E-state index contributed by atoms with van der Waals surface area (Å²) >= 11 is 0. The first-order valence-corrected chi connectivity index (χ1v) is 7.61. The molecule has 9 heteroatoms. The van der Waals surface area contributed by atoms with Gasteiger partial charge in [-0.25, -0.2) is 13.2 Å². The second-order valence-corrected chi connectivity index (χ2v) is 6.19. The summed E-state index contributed by atoms with van der Waals surface area (Å²) in [7, 11) is -4.03. The maximum Gasteiger partial charge on any atom is 0.416 e. The molecular formula is C14H10F3NO4S. The molecule has 0 fully saturated rings. The predicted octanol–water partition coefficient (Wildman–Crippen LogP) is 3.20. The van der Waals surface area contributed by atoms with Crippen LogP contribution >= 0.6 is 0 Å². The van der Waals surface area contributed by atoms with E-state index in [0.29, 0.717) is 0 Å². The molecule has 0 saturated heterocycles. The summed E-state index contributed by atoms with van der Waals surface area (Å²) in [5.74, 6) is -1.20. The van der Waals surface area contributed by atoms with Crippen LogP contribution in [0, 0.1) is 0 Å². The molecule has 0 heterocycles. The van der Waals surface area contributed by atoms with Gasteiger partial charge in [-0.1, -0.05) is 0 Å². The molecule has 0 aliphatic heterocycles. The summed E-state index contributed by atoms with van der Waals surface area (Å²) < 4.78 is 63.6. The number of hydrogen-bond acceptors (Lipinski definition) is 3. The number of rotatable bonds is 4. The number of sulfonamides is 1. The molecule has 2 N–H and O–H groups in total. The van der Waals surface area contributed by atoms with Crippen LogP contribution in [0.5, 0.6) is 0 Å². The van der Waals surface area contributed by atoms with Gasteiger partial charge in [-0.05, 0) is 48.5 Å². The van der Waals surface area contributed by atoms with Crippen molar-refractivity contribution in [3.8, 4) is 0 Å². The zero-order valence-corrected chi connectivity index (χ0v) is 12.1. The lowest BCUT2D eigenvalue weighted by atomic mass is 10.2. The zero-order valence-electron chi connectivity index (χ0n) is 11.3. The largest absolute Gasteiger partial charge is 0.478 e. The van der Waals surface area contributed by atoms with E-state index in [4.69, 9.17) is 5.11 Å². The van der Waals surface area contributed by atoms with Crippen LogP contribution in [0.4, 0.5) is 18.9 Å². The molecule has 122 valence electrons. The van der Waals surface area contributed by atoms with Crippen LogP contribution in [0.3, 0.4) is 0 Å². The van der Waals surface area contributed by atoms with Gasteiger partial charge in [0.15, 0.2) is 0 Å². The Morgan fingerprint density at radius 2 is 1.48 bits per heavy atom. The Balaban J connectivity index is 2.22. The van der Waals surface area contributed by atoms with Crippen molar-refractivity contribution in [3.05, 3.63) is 59.7 Å². The molecule has 0 aromatic heterocycles. The van der Waals surface area contributed by atoms with Crippen LogP contribution in [-0.4, -0.2) is 19.5 Å². The van der Waals surface area contributed by atoms with E-state index in [1.165, 1.54) is 0 Å². The summed E-state index contributed by atoms with van der Waals surface area (Å²) in [6.45, 7) is 0. The molecule has 0 aliphatic rings. The minimum atomic E-state index is -4.51. The lowest BCUT2D eigenvalue weighted by molar-refractivity contribution is -0.137. The van der Waals surface area contributed by atoms with Gasteiger partial charge >= 0.3 is 12.1 Å². The monoisotopic (exact) mass is 345 g/mol. The summed E-state index contributed by atoms with van der Waals surface area (Å²) in [5.41, 5.74) is -1.02. The van der Waals surface area contributed by atoms with E-state index >= 15 is 0 Å². The third kappa shape index (κ3) is 4.01. The molecule has 0 atom stereocenters. The quantitative estimate of drug-likeness (QED) is 0.891. The number of benzene rings is 2. The van der Waals surface area contributed by atoms with Gasteiger partial charge in [0.1, 0.15) is 0 Å². The molecule has 2 rings (SSSR count). The van der Waals surface area contributed by atoms with Crippen LogP contribution in [-0.2, 0) is 16.2 Å². The van der Waals surface area contributed by atoms with Crippen molar-refractivity contribution in [1.82, 2.24) is 0 Å². The second kappa shape index (κ2) is 5.92. The highest BCUT2D eigenvalue weighted by atomic mass is 32.2. The van der Waals surface area contributed by atoms with E-state index < -0.39 is 27.7 Å². The SMILES string of the molecule is O=C(O)c1ccc(S(=O)(=O)Nc2ccc(C(F)(F)F)cc2)cc1. The van der Waals surface area contributed by atoms with Gasteiger partial charge in [-0.2, -0.15) is 13.2 Å². The third-order valence-electron chi connectivity index (χ3n) is 2.88. The summed E-state index contributed by atoms with van der Waals surface area (Å²) in [4.78, 5) is 10.5. The van der Waals surface area contributed by atoms with Crippen molar-refractivity contribution in [2.45, 2.75) is 11.1 Å². The Kier molecular flexibility index (Phi) is 4.33. The van der Waals surface area contributed by atoms with E-state index in [1.54, 1.807) is 0 Å². The first-order chi connectivity index (χ1) is 10.6. The fourth-order valence-corrected chi connectivity index (χ4v) is 2.78. The van der Waals surface area contributed by atoms with E-state index in [-0.39, 0.29) is 16.1 Å². The maximum atomic E-state index is 12.4. The molecule has 0 saturated carbocycles.